The van der Waals surface area contributed by atoms with Gasteiger partial charge in [0.1, 0.15) is 0 Å². The molecule has 0 spiro atoms. The number of benzene rings is 2. The Hall–Kier alpha value is -1.16. The van der Waals surface area contributed by atoms with E-state index in [0.29, 0.717) is 14.5 Å². The van der Waals surface area contributed by atoms with Gasteiger partial charge < -0.3 is 17.0 Å². The molecule has 2 aromatic carbocycles. The standard InChI is InChI=1S/C28H42N3Se.BrH/c1-5-9-17-30(18-10-6-2)23-13-15-25-27(21-23)32-28-22-24(14-16-26(28)29-25)31(19-11-7-3)20-12-8-4;/h13-16,21-22H,5-12,17-20H2,1-4H3;1H/q+1;/p-1. The third-order valence-corrected chi connectivity index (χ3v) is 8.50. The van der Waals surface area contributed by atoms with Crippen molar-refractivity contribution in [1.29, 1.82) is 0 Å². The summed E-state index contributed by atoms with van der Waals surface area (Å²) in [6.07, 6.45) is 10.0. The number of fused-ring (bicyclic) bond motifs is 2. The van der Waals surface area contributed by atoms with Gasteiger partial charge in [0.25, 0.3) is 0 Å². The van der Waals surface area contributed by atoms with Gasteiger partial charge in [0, 0.05) is 0 Å². The Balaban J connectivity index is 0.00000385. The Kier molecular flexibility index (Phi) is 12.7. The minimum absolute atomic E-state index is 0. The second-order valence-electron chi connectivity index (χ2n) is 8.91. The molecule has 5 heteroatoms. The Morgan fingerprint density at radius 1 is 0.606 bits per heavy atom. The SMILES string of the molecule is CCCCN(CCCC)c1ccc2nc3ccc(N(CCCC)CCCC)cc3[se+]c2c1.[Br-]. The second kappa shape index (κ2) is 15.0. The maximum atomic E-state index is 5.04. The zero-order valence-corrected chi connectivity index (χ0v) is 24.4. The molecule has 0 N–H and O–H groups in total. The summed E-state index contributed by atoms with van der Waals surface area (Å²) in [7, 11) is 0. The first-order valence-electron chi connectivity index (χ1n) is 12.9. The average molecular weight is 580 g/mol. The third-order valence-electron chi connectivity index (χ3n) is 6.20. The molecule has 0 bridgehead atoms. The topological polar surface area (TPSA) is 19.4 Å². The van der Waals surface area contributed by atoms with Crippen LogP contribution in [0.4, 0.5) is 11.4 Å². The number of rotatable bonds is 14. The molecule has 0 aliphatic carbocycles. The molecule has 0 saturated heterocycles. The van der Waals surface area contributed by atoms with Crippen LogP contribution in [0.25, 0.3) is 19.6 Å². The predicted molar refractivity (Wildman–Crippen MR) is 145 cm³/mol. The van der Waals surface area contributed by atoms with E-state index in [1.165, 1.54) is 82.3 Å². The van der Waals surface area contributed by atoms with Crippen LogP contribution in [0.1, 0.15) is 79.1 Å². The van der Waals surface area contributed by atoms with Crippen molar-refractivity contribution >= 4 is 45.4 Å². The molecule has 33 heavy (non-hydrogen) atoms. The molecule has 0 atom stereocenters. The summed E-state index contributed by atoms with van der Waals surface area (Å²) in [5.41, 5.74) is 5.12. The van der Waals surface area contributed by atoms with Crippen LogP contribution in [0, 0.1) is 0 Å². The number of halogens is 1. The number of aromatic nitrogens is 1. The first-order valence-corrected chi connectivity index (χ1v) is 14.6. The van der Waals surface area contributed by atoms with Crippen LogP contribution >= 0.6 is 0 Å². The molecule has 0 unspecified atom stereocenters. The van der Waals surface area contributed by atoms with E-state index >= 15 is 0 Å². The van der Waals surface area contributed by atoms with Crippen molar-refractivity contribution in [3.8, 4) is 0 Å². The summed E-state index contributed by atoms with van der Waals surface area (Å²) in [6, 6.07) is 14.0. The summed E-state index contributed by atoms with van der Waals surface area (Å²) in [5.74, 6) is 0. The minimum atomic E-state index is 0. The van der Waals surface area contributed by atoms with Gasteiger partial charge in [-0.05, 0) is 0 Å². The zero-order chi connectivity index (χ0) is 22.8. The number of nitrogens with zero attached hydrogens (tertiary/aromatic N) is 3. The molecular weight excluding hydrogens is 537 g/mol. The van der Waals surface area contributed by atoms with Crippen molar-refractivity contribution in [3.63, 3.8) is 0 Å². The van der Waals surface area contributed by atoms with Crippen LogP contribution in [0.15, 0.2) is 36.4 Å². The maximum Gasteiger partial charge on any atom is -1.00 e. The molecule has 0 radical (unpaired) electrons. The van der Waals surface area contributed by atoms with Crippen molar-refractivity contribution in [3.05, 3.63) is 36.4 Å². The molecule has 1 heterocycles. The normalized spacial score (nSPS) is 11.0. The molecule has 182 valence electrons. The van der Waals surface area contributed by atoms with Crippen molar-refractivity contribution in [2.75, 3.05) is 36.0 Å². The van der Waals surface area contributed by atoms with Gasteiger partial charge in [0.2, 0.25) is 0 Å². The van der Waals surface area contributed by atoms with E-state index in [4.69, 9.17) is 4.98 Å². The van der Waals surface area contributed by atoms with Crippen LogP contribution in [0.5, 0.6) is 0 Å². The fourth-order valence-corrected chi connectivity index (χ4v) is 6.30. The summed E-state index contributed by atoms with van der Waals surface area (Å²) in [6.45, 7) is 13.8. The molecule has 0 amide bonds. The summed E-state index contributed by atoms with van der Waals surface area (Å²) in [4.78, 5) is 10.2. The first kappa shape index (κ1) is 28.1. The Morgan fingerprint density at radius 3 is 1.30 bits per heavy atom. The number of unbranched alkanes of at least 4 members (excludes halogenated alkanes) is 4. The summed E-state index contributed by atoms with van der Waals surface area (Å²) >= 11 is 0.306. The van der Waals surface area contributed by atoms with Crippen LogP contribution in [0.3, 0.4) is 0 Å². The number of hydrogen-bond acceptors (Lipinski definition) is 3. The van der Waals surface area contributed by atoms with E-state index in [0.717, 1.165) is 26.2 Å². The van der Waals surface area contributed by atoms with Crippen molar-refractivity contribution < 1.29 is 17.0 Å². The summed E-state index contributed by atoms with van der Waals surface area (Å²) in [5, 5.41) is 0. The molecule has 0 aliphatic heterocycles. The average Bonchev–Trinajstić information content (AvgIpc) is 2.82. The van der Waals surface area contributed by atoms with Crippen molar-refractivity contribution in [2.24, 2.45) is 0 Å². The maximum absolute atomic E-state index is 5.04. The van der Waals surface area contributed by atoms with Gasteiger partial charge >= 0.3 is 202 Å². The molecule has 3 rings (SSSR count). The Morgan fingerprint density at radius 2 is 0.970 bits per heavy atom. The predicted octanol–water partition coefficient (Wildman–Crippen LogP) is 4.54. The van der Waals surface area contributed by atoms with Gasteiger partial charge in [0.05, 0.1) is 0 Å². The van der Waals surface area contributed by atoms with Gasteiger partial charge in [-0.2, -0.15) is 0 Å². The molecule has 3 nitrogen and oxygen atoms in total. The van der Waals surface area contributed by atoms with Gasteiger partial charge in [-0.25, -0.2) is 0 Å². The van der Waals surface area contributed by atoms with Gasteiger partial charge in [-0.15, -0.1) is 0 Å². The Bertz CT molecular complexity index is 887. The third kappa shape index (κ3) is 7.94. The van der Waals surface area contributed by atoms with Crippen LogP contribution in [-0.4, -0.2) is 45.7 Å². The Labute approximate surface area is 218 Å². The van der Waals surface area contributed by atoms with E-state index in [1.807, 2.05) is 0 Å². The fourth-order valence-electron chi connectivity index (χ4n) is 4.13. The zero-order valence-electron chi connectivity index (χ0n) is 21.1. The van der Waals surface area contributed by atoms with Crippen molar-refractivity contribution in [1.82, 2.24) is 4.98 Å². The van der Waals surface area contributed by atoms with Gasteiger partial charge in [-0.3, -0.25) is 0 Å². The molecule has 1 aromatic heterocycles. The van der Waals surface area contributed by atoms with E-state index in [9.17, 15) is 0 Å². The number of hydrogen-bond donors (Lipinski definition) is 0. The largest absolute Gasteiger partial charge is 1.00 e. The minimum Gasteiger partial charge on any atom is -1.00 e. The molecule has 3 aromatic rings. The second-order valence-corrected chi connectivity index (χ2v) is 11.2. The van der Waals surface area contributed by atoms with E-state index in [2.05, 4.69) is 73.9 Å². The molecule has 0 fully saturated rings. The van der Waals surface area contributed by atoms with Crippen LogP contribution < -0.4 is 26.8 Å². The fraction of sp³-hybridized carbons (Fsp3) is 0.571. The van der Waals surface area contributed by atoms with E-state index in [1.54, 1.807) is 0 Å². The summed E-state index contributed by atoms with van der Waals surface area (Å²) < 4.78 is 2.87. The van der Waals surface area contributed by atoms with Crippen LogP contribution in [0.2, 0.25) is 0 Å². The smallest absolute Gasteiger partial charge is 1.00 e. The van der Waals surface area contributed by atoms with E-state index < -0.39 is 0 Å². The monoisotopic (exact) mass is 579 g/mol. The van der Waals surface area contributed by atoms with Crippen molar-refractivity contribution in [2.45, 2.75) is 79.1 Å². The van der Waals surface area contributed by atoms with E-state index in [-0.39, 0.29) is 17.0 Å². The van der Waals surface area contributed by atoms with Gasteiger partial charge in [-0.1, -0.05) is 0 Å². The quantitative estimate of drug-likeness (QED) is 0.207. The number of anilines is 2. The van der Waals surface area contributed by atoms with Crippen LogP contribution in [-0.2, 0) is 0 Å². The van der Waals surface area contributed by atoms with Gasteiger partial charge in [0.15, 0.2) is 0 Å². The first-order chi connectivity index (χ1) is 15.7. The molecular formula is C28H42BrN3Se. The molecule has 0 aliphatic rings. The molecule has 0 saturated carbocycles.